The number of aromatic nitrogens is 1. The molecule has 0 atom stereocenters. The lowest BCUT2D eigenvalue weighted by Crippen LogP contribution is -2.33. The van der Waals surface area contributed by atoms with Crippen molar-refractivity contribution < 1.29 is 14.0 Å². The molecule has 0 bridgehead atoms. The van der Waals surface area contributed by atoms with E-state index in [1.165, 1.54) is 15.2 Å². The molecule has 0 fully saturated rings. The van der Waals surface area contributed by atoms with Crippen LogP contribution in [0.1, 0.15) is 17.5 Å². The van der Waals surface area contributed by atoms with Crippen molar-refractivity contribution in [2.75, 3.05) is 14.2 Å². The summed E-state index contributed by atoms with van der Waals surface area (Å²) in [5, 5.41) is 1.25. The Labute approximate surface area is 152 Å². The molecule has 0 unspecified atom stereocenters. The van der Waals surface area contributed by atoms with Gasteiger partial charge in [-0.2, -0.15) is 4.57 Å². The van der Waals surface area contributed by atoms with Crippen LogP contribution in [0, 0.1) is 0 Å². The summed E-state index contributed by atoms with van der Waals surface area (Å²) in [5.74, 6) is 1.48. The van der Waals surface area contributed by atoms with Gasteiger partial charge in [-0.1, -0.05) is 47.8 Å². The van der Waals surface area contributed by atoms with E-state index in [1.54, 1.807) is 14.2 Å². The Kier molecular flexibility index (Phi) is 5.51. The predicted molar refractivity (Wildman–Crippen MR) is 105 cm³/mol. The molecule has 0 radical (unpaired) electrons. The smallest absolute Gasteiger partial charge is 0.262 e. The molecular formula is C21H22NO2S+. The first kappa shape index (κ1) is 17.2. The third-order valence-electron chi connectivity index (χ3n) is 4.00. The number of hydrogen-bond acceptors (Lipinski definition) is 3. The summed E-state index contributed by atoms with van der Waals surface area (Å²) < 4.78 is 14.2. The van der Waals surface area contributed by atoms with Gasteiger partial charge in [-0.25, -0.2) is 0 Å². The summed E-state index contributed by atoms with van der Waals surface area (Å²) in [7, 11) is 3.29. The van der Waals surface area contributed by atoms with Gasteiger partial charge in [-0.3, -0.25) is 0 Å². The molecule has 0 aliphatic carbocycles. The Balaban J connectivity index is 1.80. The summed E-state index contributed by atoms with van der Waals surface area (Å²) >= 11 is 1.81. The Bertz CT molecular complexity index is 925. The lowest BCUT2D eigenvalue weighted by atomic mass is 10.2. The number of aryl methyl sites for hydroxylation is 1. The van der Waals surface area contributed by atoms with Crippen molar-refractivity contribution >= 4 is 33.7 Å². The van der Waals surface area contributed by atoms with Gasteiger partial charge in [0.25, 0.3) is 5.01 Å². The Hall–Kier alpha value is -2.59. The summed E-state index contributed by atoms with van der Waals surface area (Å²) in [6.45, 7) is 3.14. The lowest BCUT2D eigenvalue weighted by Gasteiger charge is -2.07. The van der Waals surface area contributed by atoms with Gasteiger partial charge in [0.2, 0.25) is 5.52 Å². The average molecular weight is 352 g/mol. The van der Waals surface area contributed by atoms with E-state index < -0.39 is 0 Å². The maximum atomic E-state index is 5.34. The number of nitrogens with zero attached hydrogens (tertiary/aromatic N) is 1. The Morgan fingerprint density at radius 1 is 0.960 bits per heavy atom. The number of allylic oxidation sites excluding steroid dienone is 2. The van der Waals surface area contributed by atoms with E-state index >= 15 is 0 Å². The number of ether oxygens (including phenoxy) is 2. The van der Waals surface area contributed by atoms with Crippen LogP contribution in [0.4, 0.5) is 0 Å². The molecule has 25 heavy (non-hydrogen) atoms. The number of para-hydroxylation sites is 1. The fourth-order valence-electron chi connectivity index (χ4n) is 2.76. The van der Waals surface area contributed by atoms with Crippen molar-refractivity contribution in [3.8, 4) is 11.5 Å². The second-order valence-corrected chi connectivity index (χ2v) is 6.55. The van der Waals surface area contributed by atoms with E-state index in [0.29, 0.717) is 0 Å². The molecule has 0 aliphatic heterocycles. The van der Waals surface area contributed by atoms with Crippen molar-refractivity contribution in [3.05, 3.63) is 65.2 Å². The molecule has 1 heterocycles. The summed E-state index contributed by atoms with van der Waals surface area (Å²) in [6, 6.07) is 14.4. The number of hydrogen-bond donors (Lipinski definition) is 0. The number of rotatable bonds is 6. The largest absolute Gasteiger partial charge is 0.493 e. The molecule has 0 amide bonds. The van der Waals surface area contributed by atoms with Crippen LogP contribution in [-0.2, 0) is 6.54 Å². The summed E-state index contributed by atoms with van der Waals surface area (Å²) in [6.07, 6.45) is 8.34. The molecule has 0 spiro atoms. The minimum atomic E-state index is 0.738. The summed E-state index contributed by atoms with van der Waals surface area (Å²) in [5.41, 5.74) is 2.36. The third kappa shape index (κ3) is 3.74. The van der Waals surface area contributed by atoms with Crippen LogP contribution in [0.25, 0.3) is 22.4 Å². The maximum absolute atomic E-state index is 5.34. The first-order chi connectivity index (χ1) is 12.3. The molecule has 3 rings (SSSR count). The SMILES string of the molecule is CC[n+]1c(/C=C/C=C/c2ccc(OC)c(OC)c2)sc2ccccc21. The van der Waals surface area contributed by atoms with Gasteiger partial charge in [0.05, 0.1) is 14.2 Å². The van der Waals surface area contributed by atoms with Crippen LogP contribution in [0.2, 0.25) is 0 Å². The van der Waals surface area contributed by atoms with Gasteiger partial charge in [0.1, 0.15) is 11.2 Å². The van der Waals surface area contributed by atoms with Crippen LogP contribution < -0.4 is 14.0 Å². The van der Waals surface area contributed by atoms with Crippen LogP contribution in [0.5, 0.6) is 11.5 Å². The van der Waals surface area contributed by atoms with Crippen LogP contribution in [0.15, 0.2) is 54.6 Å². The number of thiazole rings is 1. The zero-order valence-corrected chi connectivity index (χ0v) is 15.5. The molecule has 3 aromatic rings. The quantitative estimate of drug-likeness (QED) is 0.462. The average Bonchev–Trinajstić information content (AvgIpc) is 3.02. The second kappa shape index (κ2) is 7.99. The van der Waals surface area contributed by atoms with Gasteiger partial charge in [0, 0.05) is 12.1 Å². The van der Waals surface area contributed by atoms with Crippen LogP contribution >= 0.6 is 11.3 Å². The molecular weight excluding hydrogens is 330 g/mol. The van der Waals surface area contributed by atoms with Gasteiger partial charge < -0.3 is 9.47 Å². The molecule has 2 aromatic carbocycles. The first-order valence-electron chi connectivity index (χ1n) is 8.25. The van der Waals surface area contributed by atoms with E-state index in [4.69, 9.17) is 9.47 Å². The Morgan fingerprint density at radius 3 is 2.48 bits per heavy atom. The minimum absolute atomic E-state index is 0.738. The normalized spacial score (nSPS) is 11.6. The zero-order valence-electron chi connectivity index (χ0n) is 14.7. The number of benzene rings is 2. The molecule has 0 saturated heterocycles. The standard InChI is InChI=1S/C21H22NO2S/c1-4-22-17-10-6-7-11-20(17)25-21(22)12-8-5-9-16-13-14-18(23-2)19(15-16)24-3/h5-15H,4H2,1-3H3/q+1/b9-5+,12-8+. The lowest BCUT2D eigenvalue weighted by molar-refractivity contribution is -0.665. The molecule has 4 heteroatoms. The highest BCUT2D eigenvalue weighted by Crippen LogP contribution is 2.28. The second-order valence-electron chi connectivity index (χ2n) is 5.48. The first-order valence-corrected chi connectivity index (χ1v) is 9.06. The minimum Gasteiger partial charge on any atom is -0.493 e. The fourth-order valence-corrected chi connectivity index (χ4v) is 3.90. The van der Waals surface area contributed by atoms with Gasteiger partial charge in [-0.15, -0.1) is 0 Å². The van der Waals surface area contributed by atoms with Crippen molar-refractivity contribution in [1.82, 2.24) is 0 Å². The fraction of sp³-hybridized carbons (Fsp3) is 0.190. The van der Waals surface area contributed by atoms with Crippen molar-refractivity contribution in [1.29, 1.82) is 0 Å². The Morgan fingerprint density at radius 2 is 1.72 bits per heavy atom. The van der Waals surface area contributed by atoms with Gasteiger partial charge in [0.15, 0.2) is 11.5 Å². The molecule has 0 saturated carbocycles. The van der Waals surface area contributed by atoms with Crippen LogP contribution in [0.3, 0.4) is 0 Å². The van der Waals surface area contributed by atoms with Crippen molar-refractivity contribution in [2.24, 2.45) is 0 Å². The monoisotopic (exact) mass is 352 g/mol. The molecule has 1 aromatic heterocycles. The van der Waals surface area contributed by atoms with E-state index in [-0.39, 0.29) is 0 Å². The topological polar surface area (TPSA) is 22.3 Å². The van der Waals surface area contributed by atoms with E-state index in [9.17, 15) is 0 Å². The van der Waals surface area contributed by atoms with Gasteiger partial charge >= 0.3 is 0 Å². The van der Waals surface area contributed by atoms with E-state index in [0.717, 1.165) is 23.6 Å². The molecule has 128 valence electrons. The van der Waals surface area contributed by atoms with Crippen LogP contribution in [-0.4, -0.2) is 14.2 Å². The van der Waals surface area contributed by atoms with E-state index in [1.807, 2.05) is 35.6 Å². The number of fused-ring (bicyclic) bond motifs is 1. The highest BCUT2D eigenvalue weighted by atomic mass is 32.1. The predicted octanol–water partition coefficient (Wildman–Crippen LogP) is 4.95. The van der Waals surface area contributed by atoms with Crippen molar-refractivity contribution in [2.45, 2.75) is 13.5 Å². The number of methoxy groups -OCH3 is 2. The van der Waals surface area contributed by atoms with Gasteiger partial charge in [-0.05, 0) is 30.7 Å². The molecule has 0 N–H and O–H groups in total. The third-order valence-corrected chi connectivity index (χ3v) is 5.13. The highest BCUT2D eigenvalue weighted by molar-refractivity contribution is 7.18. The maximum Gasteiger partial charge on any atom is 0.262 e. The molecule has 3 nitrogen and oxygen atoms in total. The zero-order chi connectivity index (χ0) is 17.6. The highest BCUT2D eigenvalue weighted by Gasteiger charge is 2.15. The summed E-state index contributed by atoms with van der Waals surface area (Å²) in [4.78, 5) is 0. The van der Waals surface area contributed by atoms with Crippen molar-refractivity contribution in [3.63, 3.8) is 0 Å². The van der Waals surface area contributed by atoms with E-state index in [2.05, 4.69) is 54.0 Å². The molecule has 0 aliphatic rings.